The largest absolute Gasteiger partial charge is 0.465 e. The number of rotatable bonds is 4. The number of fused-ring (bicyclic) bond motifs is 1. The molecule has 0 radical (unpaired) electrons. The summed E-state index contributed by atoms with van der Waals surface area (Å²) in [7, 11) is 0. The Bertz CT molecular complexity index is 891. The van der Waals surface area contributed by atoms with E-state index in [1.165, 1.54) is 5.56 Å². The lowest BCUT2D eigenvalue weighted by molar-refractivity contribution is -0.144. The fraction of sp³-hybridized carbons (Fsp3) is 0.227. The summed E-state index contributed by atoms with van der Waals surface area (Å²) in [6.45, 7) is 3.88. The van der Waals surface area contributed by atoms with Gasteiger partial charge in [-0.3, -0.25) is 14.4 Å². The van der Waals surface area contributed by atoms with Crippen molar-refractivity contribution >= 4 is 23.6 Å². The maximum Gasteiger partial charge on any atom is 0.321 e. The molecule has 2 aromatic rings. The molecule has 0 saturated heterocycles. The van der Waals surface area contributed by atoms with Crippen molar-refractivity contribution < 1.29 is 19.1 Å². The van der Waals surface area contributed by atoms with E-state index >= 15 is 0 Å². The van der Waals surface area contributed by atoms with Gasteiger partial charge in [-0.25, -0.2) is 0 Å². The van der Waals surface area contributed by atoms with Gasteiger partial charge in [0.1, 0.15) is 5.92 Å². The zero-order valence-electron chi connectivity index (χ0n) is 14.8. The molecule has 1 aliphatic rings. The SMILES string of the molecule is CCOC(=O)C1C(=O)c2ccccc2C(=O)/C1=C\c1ccc(CC)cc1. The van der Waals surface area contributed by atoms with Crippen LogP contribution in [0.4, 0.5) is 0 Å². The van der Waals surface area contributed by atoms with Crippen molar-refractivity contribution in [3.8, 4) is 0 Å². The molecule has 4 heteroatoms. The van der Waals surface area contributed by atoms with Crippen LogP contribution in [0, 0.1) is 5.92 Å². The van der Waals surface area contributed by atoms with Crippen LogP contribution >= 0.6 is 0 Å². The molecule has 26 heavy (non-hydrogen) atoms. The molecule has 3 rings (SSSR count). The van der Waals surface area contributed by atoms with Crippen molar-refractivity contribution in [3.63, 3.8) is 0 Å². The van der Waals surface area contributed by atoms with E-state index in [9.17, 15) is 14.4 Å². The van der Waals surface area contributed by atoms with Crippen LogP contribution in [0.1, 0.15) is 45.7 Å². The van der Waals surface area contributed by atoms with Crippen molar-refractivity contribution in [1.82, 2.24) is 0 Å². The molecular formula is C22H20O4. The van der Waals surface area contributed by atoms with E-state index < -0.39 is 17.7 Å². The molecule has 1 atom stereocenters. The molecule has 2 aromatic carbocycles. The van der Waals surface area contributed by atoms with Crippen LogP contribution in [0.25, 0.3) is 6.08 Å². The third-order valence-corrected chi connectivity index (χ3v) is 4.50. The molecule has 0 saturated carbocycles. The molecule has 1 aliphatic carbocycles. The average Bonchev–Trinajstić information content (AvgIpc) is 2.66. The number of hydrogen-bond acceptors (Lipinski definition) is 4. The summed E-state index contributed by atoms with van der Waals surface area (Å²) in [4.78, 5) is 38.3. The van der Waals surface area contributed by atoms with Gasteiger partial charge in [0.2, 0.25) is 0 Å². The molecule has 0 N–H and O–H groups in total. The van der Waals surface area contributed by atoms with Crippen LogP contribution in [-0.2, 0) is 16.0 Å². The van der Waals surface area contributed by atoms with Crippen LogP contribution in [0.15, 0.2) is 54.1 Å². The summed E-state index contributed by atoms with van der Waals surface area (Å²) in [6.07, 6.45) is 2.53. The van der Waals surface area contributed by atoms with E-state index in [2.05, 4.69) is 6.92 Å². The molecule has 132 valence electrons. The van der Waals surface area contributed by atoms with Gasteiger partial charge in [0.15, 0.2) is 11.6 Å². The highest BCUT2D eigenvalue weighted by atomic mass is 16.5. The molecule has 0 amide bonds. The summed E-state index contributed by atoms with van der Waals surface area (Å²) in [5, 5.41) is 0. The van der Waals surface area contributed by atoms with Gasteiger partial charge in [0.05, 0.1) is 6.61 Å². The number of carbonyl (C=O) groups excluding carboxylic acids is 3. The molecule has 0 bridgehead atoms. The van der Waals surface area contributed by atoms with Gasteiger partial charge >= 0.3 is 5.97 Å². The Kier molecular flexibility index (Phi) is 5.12. The molecule has 0 aromatic heterocycles. The standard InChI is InChI=1S/C22H20O4/c1-3-14-9-11-15(12-10-14)13-18-19(22(25)26-4-2)21(24)17-8-6-5-7-16(17)20(18)23/h5-13,19H,3-4H2,1-2H3/b18-13-. The smallest absolute Gasteiger partial charge is 0.321 e. The monoisotopic (exact) mass is 348 g/mol. The van der Waals surface area contributed by atoms with E-state index in [1.807, 2.05) is 24.3 Å². The molecule has 0 spiro atoms. The number of Topliss-reactive ketones (excluding diaryl/α,β-unsaturated/α-hetero) is 2. The van der Waals surface area contributed by atoms with Gasteiger partial charge in [-0.15, -0.1) is 0 Å². The first-order chi connectivity index (χ1) is 12.6. The number of ether oxygens (including phenoxy) is 1. The summed E-state index contributed by atoms with van der Waals surface area (Å²) >= 11 is 0. The topological polar surface area (TPSA) is 60.4 Å². The Balaban J connectivity index is 2.12. The lowest BCUT2D eigenvalue weighted by Crippen LogP contribution is -2.36. The number of benzene rings is 2. The quantitative estimate of drug-likeness (QED) is 0.478. The van der Waals surface area contributed by atoms with Gasteiger partial charge in [-0.1, -0.05) is 55.5 Å². The molecule has 0 aliphatic heterocycles. The molecule has 4 nitrogen and oxygen atoms in total. The van der Waals surface area contributed by atoms with Gasteiger partial charge in [0, 0.05) is 16.7 Å². The van der Waals surface area contributed by atoms with E-state index in [-0.39, 0.29) is 23.5 Å². The second-order valence-corrected chi connectivity index (χ2v) is 6.12. The molecule has 0 fully saturated rings. The third kappa shape index (κ3) is 3.23. The minimum Gasteiger partial charge on any atom is -0.465 e. The Morgan fingerprint density at radius 3 is 2.27 bits per heavy atom. The first-order valence-corrected chi connectivity index (χ1v) is 8.72. The summed E-state index contributed by atoms with van der Waals surface area (Å²) in [6, 6.07) is 14.3. The van der Waals surface area contributed by atoms with Crippen LogP contribution in [0.3, 0.4) is 0 Å². The number of carbonyl (C=O) groups is 3. The number of hydrogen-bond donors (Lipinski definition) is 0. The van der Waals surface area contributed by atoms with E-state index in [0.717, 1.165) is 12.0 Å². The van der Waals surface area contributed by atoms with Crippen molar-refractivity contribution in [1.29, 1.82) is 0 Å². The zero-order valence-corrected chi connectivity index (χ0v) is 14.8. The second kappa shape index (κ2) is 7.48. The summed E-state index contributed by atoms with van der Waals surface area (Å²) < 4.78 is 5.07. The van der Waals surface area contributed by atoms with E-state index in [0.29, 0.717) is 5.56 Å². The van der Waals surface area contributed by atoms with Crippen LogP contribution < -0.4 is 0 Å². The predicted octanol–water partition coefficient (Wildman–Crippen LogP) is 3.89. The average molecular weight is 348 g/mol. The van der Waals surface area contributed by atoms with Gasteiger partial charge in [-0.05, 0) is 30.5 Å². The van der Waals surface area contributed by atoms with Crippen LogP contribution in [-0.4, -0.2) is 24.1 Å². The first kappa shape index (κ1) is 17.8. The van der Waals surface area contributed by atoms with Gasteiger partial charge in [0.25, 0.3) is 0 Å². The second-order valence-electron chi connectivity index (χ2n) is 6.12. The molecule has 1 unspecified atom stereocenters. The summed E-state index contributed by atoms with van der Waals surface area (Å²) in [5.74, 6) is -2.60. The first-order valence-electron chi connectivity index (χ1n) is 8.72. The van der Waals surface area contributed by atoms with Crippen LogP contribution in [0.2, 0.25) is 0 Å². The van der Waals surface area contributed by atoms with Gasteiger partial charge < -0.3 is 4.74 Å². The highest BCUT2D eigenvalue weighted by Gasteiger charge is 2.42. The minimum atomic E-state index is -1.22. The third-order valence-electron chi connectivity index (χ3n) is 4.50. The normalized spacial score (nSPS) is 17.9. The Morgan fingerprint density at radius 2 is 1.65 bits per heavy atom. The highest BCUT2D eigenvalue weighted by Crippen LogP contribution is 2.32. The number of esters is 1. The van der Waals surface area contributed by atoms with Crippen LogP contribution in [0.5, 0.6) is 0 Å². The zero-order chi connectivity index (χ0) is 18.7. The molecular weight excluding hydrogens is 328 g/mol. The van der Waals surface area contributed by atoms with Crippen molar-refractivity contribution in [2.24, 2.45) is 5.92 Å². The number of aryl methyl sites for hydroxylation is 1. The van der Waals surface area contributed by atoms with Crippen molar-refractivity contribution in [2.75, 3.05) is 6.61 Å². The van der Waals surface area contributed by atoms with Crippen molar-refractivity contribution in [3.05, 3.63) is 76.4 Å². The number of ketones is 2. The lowest BCUT2D eigenvalue weighted by atomic mass is 9.77. The Morgan fingerprint density at radius 1 is 1.00 bits per heavy atom. The van der Waals surface area contributed by atoms with E-state index in [4.69, 9.17) is 4.74 Å². The maximum absolute atomic E-state index is 13.0. The van der Waals surface area contributed by atoms with Gasteiger partial charge in [-0.2, -0.15) is 0 Å². The molecule has 0 heterocycles. The fourth-order valence-electron chi connectivity index (χ4n) is 3.12. The minimum absolute atomic E-state index is 0.150. The lowest BCUT2D eigenvalue weighted by Gasteiger charge is -2.24. The predicted molar refractivity (Wildman–Crippen MR) is 99.0 cm³/mol. The maximum atomic E-state index is 13.0. The Labute approximate surface area is 152 Å². The fourth-order valence-corrected chi connectivity index (χ4v) is 3.12. The summed E-state index contributed by atoms with van der Waals surface area (Å²) in [5.41, 5.74) is 2.71. The Hall–Kier alpha value is -3.01. The van der Waals surface area contributed by atoms with Crippen molar-refractivity contribution in [2.45, 2.75) is 20.3 Å². The highest BCUT2D eigenvalue weighted by molar-refractivity contribution is 6.29. The van der Waals surface area contributed by atoms with E-state index in [1.54, 1.807) is 37.3 Å².